The molecule has 0 saturated carbocycles. The number of halogens is 4. The number of carbonyl (C=O) groups is 2. The summed E-state index contributed by atoms with van der Waals surface area (Å²) in [5.41, 5.74) is -0.844. The van der Waals surface area contributed by atoms with Gasteiger partial charge in [-0.1, -0.05) is 0 Å². The maximum atomic E-state index is 14.0. The molecule has 0 bridgehead atoms. The fourth-order valence-corrected chi connectivity index (χ4v) is 4.04. The first-order chi connectivity index (χ1) is 15.7. The lowest BCUT2D eigenvalue weighted by Crippen LogP contribution is -2.39. The number of hydrogen-bond donors (Lipinski definition) is 2. The van der Waals surface area contributed by atoms with Crippen LogP contribution < -0.4 is 5.56 Å². The van der Waals surface area contributed by atoms with Crippen LogP contribution in [0.5, 0.6) is 0 Å². The Labute approximate surface area is 181 Å². The van der Waals surface area contributed by atoms with E-state index in [0.29, 0.717) is 6.07 Å². The molecule has 3 heterocycles. The first-order valence-electron chi connectivity index (χ1n) is 9.62. The maximum absolute atomic E-state index is 14.0. The van der Waals surface area contributed by atoms with Crippen LogP contribution in [-0.4, -0.2) is 40.4 Å². The van der Waals surface area contributed by atoms with E-state index in [1.54, 1.807) is 0 Å². The number of pyridine rings is 1. The Morgan fingerprint density at radius 3 is 2.30 bits per heavy atom. The highest BCUT2D eigenvalue weighted by atomic mass is 19.2. The summed E-state index contributed by atoms with van der Waals surface area (Å²) in [5.74, 6) is -6.17. The minimum absolute atomic E-state index is 0.0121. The van der Waals surface area contributed by atoms with Crippen molar-refractivity contribution in [1.29, 1.82) is 0 Å². The third-order valence-corrected chi connectivity index (χ3v) is 5.69. The number of ether oxygens (including phenoxy) is 1. The number of likely N-dealkylation sites (N-methyl/N-ethyl adjacent to an activating group) is 1. The van der Waals surface area contributed by atoms with E-state index in [4.69, 9.17) is 4.74 Å². The number of aromatic nitrogens is 2. The van der Waals surface area contributed by atoms with E-state index < -0.39 is 46.7 Å². The molecule has 2 aromatic carbocycles. The van der Waals surface area contributed by atoms with Crippen LogP contribution in [0.15, 0.2) is 35.1 Å². The number of esters is 1. The molecule has 1 aliphatic rings. The van der Waals surface area contributed by atoms with E-state index >= 15 is 0 Å². The number of H-pyrrole nitrogens is 2. The van der Waals surface area contributed by atoms with Gasteiger partial charge < -0.3 is 19.6 Å². The normalized spacial score (nSPS) is 15.5. The standard InChI is InChI=1S/C22H13F4N3O4/c1-29(21(31)16-3-8-2-11(23)14(26)6-15(8)27-16)17-7-33-22(32)19-18(17)9-4-12(24)13(25)5-10(9)20(30)28-19/h2-6,17,27H,7H2,1H3,(H,28,30). The molecule has 2 aromatic heterocycles. The molecule has 0 aliphatic carbocycles. The average molecular weight is 459 g/mol. The Morgan fingerprint density at radius 1 is 0.939 bits per heavy atom. The minimum atomic E-state index is -1.25. The highest BCUT2D eigenvalue weighted by Crippen LogP contribution is 2.34. The number of nitrogens with zero attached hydrogens (tertiary/aromatic N) is 1. The molecular formula is C22H13F4N3O4. The van der Waals surface area contributed by atoms with Crippen LogP contribution >= 0.6 is 0 Å². The Balaban J connectivity index is 1.64. The second kappa shape index (κ2) is 7.19. The van der Waals surface area contributed by atoms with Crippen LogP contribution in [0.3, 0.4) is 0 Å². The molecule has 1 unspecified atom stereocenters. The molecule has 1 atom stereocenters. The maximum Gasteiger partial charge on any atom is 0.355 e. The smallest absolute Gasteiger partial charge is 0.355 e. The zero-order valence-electron chi connectivity index (χ0n) is 16.8. The first kappa shape index (κ1) is 20.7. The Hall–Kier alpha value is -4.15. The summed E-state index contributed by atoms with van der Waals surface area (Å²) < 4.78 is 59.9. The lowest BCUT2D eigenvalue weighted by molar-refractivity contribution is 0.0281. The quantitative estimate of drug-likeness (QED) is 0.354. The number of fused-ring (bicyclic) bond motifs is 4. The summed E-state index contributed by atoms with van der Waals surface area (Å²) in [6, 6.07) is 3.70. The van der Waals surface area contributed by atoms with Crippen LogP contribution in [0.2, 0.25) is 0 Å². The van der Waals surface area contributed by atoms with Crippen molar-refractivity contribution in [2.75, 3.05) is 13.7 Å². The minimum Gasteiger partial charge on any atom is -0.458 e. The van der Waals surface area contributed by atoms with Crippen LogP contribution in [0.25, 0.3) is 21.7 Å². The number of carbonyl (C=O) groups excluding carboxylic acids is 2. The zero-order valence-corrected chi connectivity index (χ0v) is 16.8. The summed E-state index contributed by atoms with van der Waals surface area (Å²) in [5, 5.41) is 0.00736. The van der Waals surface area contributed by atoms with Crippen LogP contribution in [-0.2, 0) is 4.74 Å². The van der Waals surface area contributed by atoms with Gasteiger partial charge in [-0.2, -0.15) is 0 Å². The second-order valence-electron chi connectivity index (χ2n) is 7.62. The van der Waals surface area contributed by atoms with Gasteiger partial charge in [-0.25, -0.2) is 22.4 Å². The molecule has 4 aromatic rings. The van der Waals surface area contributed by atoms with Gasteiger partial charge in [0.05, 0.1) is 11.4 Å². The fraction of sp³-hybridized carbons (Fsp3) is 0.136. The van der Waals surface area contributed by atoms with Crippen molar-refractivity contribution in [2.24, 2.45) is 0 Å². The van der Waals surface area contributed by atoms with Gasteiger partial charge in [0.2, 0.25) is 0 Å². The van der Waals surface area contributed by atoms with Gasteiger partial charge in [0.15, 0.2) is 23.3 Å². The predicted molar refractivity (Wildman–Crippen MR) is 108 cm³/mol. The second-order valence-corrected chi connectivity index (χ2v) is 7.62. The molecule has 0 spiro atoms. The lowest BCUT2D eigenvalue weighted by atomic mass is 9.95. The largest absolute Gasteiger partial charge is 0.458 e. The van der Waals surface area contributed by atoms with E-state index in [9.17, 15) is 31.9 Å². The van der Waals surface area contributed by atoms with E-state index in [1.165, 1.54) is 18.0 Å². The number of hydrogen-bond acceptors (Lipinski definition) is 4. The number of cyclic esters (lactones) is 1. The SMILES string of the molecule is CN(C(=O)c1cc2cc(F)c(F)cc2[nH]1)C1COC(=O)c2[nH]c(=O)c3cc(F)c(F)cc3c21. The highest BCUT2D eigenvalue weighted by molar-refractivity contribution is 6.01. The molecule has 0 radical (unpaired) electrons. The summed E-state index contributed by atoms with van der Waals surface area (Å²) in [6.45, 7) is -0.322. The van der Waals surface area contributed by atoms with Crippen molar-refractivity contribution in [3.63, 3.8) is 0 Å². The number of amides is 1. The predicted octanol–water partition coefficient (Wildman–Crippen LogP) is 3.55. The monoisotopic (exact) mass is 459 g/mol. The molecular weight excluding hydrogens is 446 g/mol. The van der Waals surface area contributed by atoms with Crippen LogP contribution in [0, 0.1) is 23.3 Å². The first-order valence-corrected chi connectivity index (χ1v) is 9.62. The molecule has 1 amide bonds. The molecule has 5 rings (SSSR count). The fourth-order valence-electron chi connectivity index (χ4n) is 4.04. The van der Waals surface area contributed by atoms with E-state index in [-0.39, 0.29) is 45.2 Å². The van der Waals surface area contributed by atoms with Crippen molar-refractivity contribution < 1.29 is 31.9 Å². The van der Waals surface area contributed by atoms with Gasteiger partial charge in [0.1, 0.15) is 18.0 Å². The van der Waals surface area contributed by atoms with Gasteiger partial charge in [0.25, 0.3) is 11.5 Å². The van der Waals surface area contributed by atoms with Gasteiger partial charge in [-0.3, -0.25) is 9.59 Å². The Bertz CT molecular complexity index is 1520. The molecule has 1 aliphatic heterocycles. The lowest BCUT2D eigenvalue weighted by Gasteiger charge is -2.32. The molecule has 7 nitrogen and oxygen atoms in total. The third kappa shape index (κ3) is 3.15. The third-order valence-electron chi connectivity index (χ3n) is 5.69. The summed E-state index contributed by atoms with van der Waals surface area (Å²) in [7, 11) is 1.37. The van der Waals surface area contributed by atoms with Gasteiger partial charge in [0, 0.05) is 29.6 Å². The molecule has 168 valence electrons. The molecule has 33 heavy (non-hydrogen) atoms. The van der Waals surface area contributed by atoms with E-state index in [0.717, 1.165) is 18.2 Å². The number of nitrogens with one attached hydrogen (secondary N) is 2. The van der Waals surface area contributed by atoms with Crippen molar-refractivity contribution >= 4 is 33.6 Å². The van der Waals surface area contributed by atoms with Gasteiger partial charge >= 0.3 is 5.97 Å². The van der Waals surface area contributed by atoms with E-state index in [2.05, 4.69) is 9.97 Å². The Morgan fingerprint density at radius 2 is 1.58 bits per heavy atom. The van der Waals surface area contributed by atoms with Crippen molar-refractivity contribution in [1.82, 2.24) is 14.9 Å². The molecule has 0 fully saturated rings. The van der Waals surface area contributed by atoms with Crippen LogP contribution in [0.1, 0.15) is 32.6 Å². The molecule has 2 N–H and O–H groups in total. The van der Waals surface area contributed by atoms with Crippen molar-refractivity contribution in [3.05, 3.63) is 80.9 Å². The van der Waals surface area contributed by atoms with Gasteiger partial charge in [-0.05, 0) is 29.7 Å². The average Bonchev–Trinajstić information content (AvgIpc) is 3.18. The summed E-state index contributed by atoms with van der Waals surface area (Å²) in [4.78, 5) is 44.0. The summed E-state index contributed by atoms with van der Waals surface area (Å²) >= 11 is 0. The Kier molecular flexibility index (Phi) is 4.52. The van der Waals surface area contributed by atoms with Crippen LogP contribution in [0.4, 0.5) is 17.6 Å². The van der Waals surface area contributed by atoms with Crippen molar-refractivity contribution in [3.8, 4) is 0 Å². The van der Waals surface area contributed by atoms with Gasteiger partial charge in [-0.15, -0.1) is 0 Å². The number of rotatable bonds is 2. The number of aromatic amines is 2. The molecule has 11 heteroatoms. The van der Waals surface area contributed by atoms with Crippen molar-refractivity contribution in [2.45, 2.75) is 6.04 Å². The number of benzene rings is 2. The highest BCUT2D eigenvalue weighted by Gasteiger charge is 2.36. The zero-order chi connectivity index (χ0) is 23.6. The summed E-state index contributed by atoms with van der Waals surface area (Å²) in [6.07, 6.45) is 0. The molecule has 0 saturated heterocycles. The topological polar surface area (TPSA) is 95.3 Å². The van der Waals surface area contributed by atoms with E-state index in [1.807, 2.05) is 0 Å².